The summed E-state index contributed by atoms with van der Waals surface area (Å²) in [6.07, 6.45) is 5.64. The number of methoxy groups -OCH3 is 1. The molecule has 1 saturated heterocycles. The first-order valence-corrected chi connectivity index (χ1v) is 13.8. The molecule has 8 heteroatoms. The lowest BCUT2D eigenvalue weighted by Crippen LogP contribution is -2.48. The van der Waals surface area contributed by atoms with Gasteiger partial charge in [0.15, 0.2) is 11.5 Å². The molecule has 0 amide bonds. The van der Waals surface area contributed by atoms with Crippen LogP contribution in [0.1, 0.15) is 41.4 Å². The van der Waals surface area contributed by atoms with E-state index in [0.717, 1.165) is 59.9 Å². The van der Waals surface area contributed by atoms with E-state index in [1.165, 1.54) is 5.56 Å². The predicted octanol–water partition coefficient (Wildman–Crippen LogP) is 4.49. The number of imidazole rings is 1. The van der Waals surface area contributed by atoms with E-state index in [0.29, 0.717) is 32.1 Å². The SMILES string of the molecule is CCc1nccn1CCCOc1cc(CN2CCOC[C@](O)(COc3cc(C)cc(C)c3C)C2)ccc1OC. The summed E-state index contributed by atoms with van der Waals surface area (Å²) < 4.78 is 25.8. The first-order chi connectivity index (χ1) is 18.8. The molecule has 0 bridgehead atoms. The molecule has 0 aliphatic carbocycles. The van der Waals surface area contributed by atoms with Gasteiger partial charge in [0, 0.05) is 45.0 Å². The number of hydrogen-bond acceptors (Lipinski definition) is 7. The Bertz CT molecular complexity index is 1230. The van der Waals surface area contributed by atoms with Crippen LogP contribution in [0.3, 0.4) is 0 Å². The lowest BCUT2D eigenvalue weighted by Gasteiger charge is -2.31. The molecule has 1 atom stereocenters. The quantitative estimate of drug-likeness (QED) is 0.341. The zero-order valence-corrected chi connectivity index (χ0v) is 24.0. The average Bonchev–Trinajstić information content (AvgIpc) is 3.29. The number of hydrogen-bond donors (Lipinski definition) is 1. The number of rotatable bonds is 12. The largest absolute Gasteiger partial charge is 0.493 e. The summed E-state index contributed by atoms with van der Waals surface area (Å²) in [4.78, 5) is 6.59. The lowest BCUT2D eigenvalue weighted by atomic mass is 10.0. The summed E-state index contributed by atoms with van der Waals surface area (Å²) >= 11 is 0. The van der Waals surface area contributed by atoms with Crippen LogP contribution in [-0.2, 0) is 24.2 Å². The molecule has 0 spiro atoms. The third kappa shape index (κ3) is 7.75. The Hall–Kier alpha value is -3.07. The van der Waals surface area contributed by atoms with Gasteiger partial charge < -0.3 is 28.6 Å². The number of aromatic nitrogens is 2. The molecule has 1 N–H and O–H groups in total. The minimum Gasteiger partial charge on any atom is -0.493 e. The van der Waals surface area contributed by atoms with Crippen molar-refractivity contribution in [1.29, 1.82) is 0 Å². The van der Waals surface area contributed by atoms with Gasteiger partial charge in [-0.15, -0.1) is 0 Å². The Morgan fingerprint density at radius 1 is 1.08 bits per heavy atom. The molecule has 8 nitrogen and oxygen atoms in total. The van der Waals surface area contributed by atoms with E-state index in [1.54, 1.807) is 7.11 Å². The second-order valence-corrected chi connectivity index (χ2v) is 10.6. The predicted molar refractivity (Wildman–Crippen MR) is 152 cm³/mol. The third-order valence-electron chi connectivity index (χ3n) is 7.25. The maximum atomic E-state index is 11.4. The Morgan fingerprint density at radius 2 is 1.92 bits per heavy atom. The molecule has 2 aromatic carbocycles. The van der Waals surface area contributed by atoms with Crippen LogP contribution in [0.5, 0.6) is 17.2 Å². The van der Waals surface area contributed by atoms with Crippen molar-refractivity contribution in [3.63, 3.8) is 0 Å². The van der Waals surface area contributed by atoms with E-state index in [-0.39, 0.29) is 13.2 Å². The van der Waals surface area contributed by atoms with Crippen molar-refractivity contribution in [2.45, 2.75) is 59.2 Å². The molecule has 0 radical (unpaired) electrons. The van der Waals surface area contributed by atoms with Gasteiger partial charge in [0.05, 0.1) is 26.9 Å². The van der Waals surface area contributed by atoms with Crippen LogP contribution in [-0.4, -0.2) is 71.8 Å². The van der Waals surface area contributed by atoms with Crippen molar-refractivity contribution >= 4 is 0 Å². The second-order valence-electron chi connectivity index (χ2n) is 10.6. The molecule has 1 aliphatic heterocycles. The number of nitrogens with zero attached hydrogens (tertiary/aromatic N) is 3. The highest BCUT2D eigenvalue weighted by atomic mass is 16.5. The van der Waals surface area contributed by atoms with Gasteiger partial charge in [0.25, 0.3) is 0 Å². The highest BCUT2D eigenvalue weighted by Crippen LogP contribution is 2.30. The molecule has 0 saturated carbocycles. The molecule has 2 heterocycles. The monoisotopic (exact) mass is 537 g/mol. The summed E-state index contributed by atoms with van der Waals surface area (Å²) in [5.74, 6) is 3.34. The Kier molecular flexibility index (Phi) is 9.88. The molecule has 3 aromatic rings. The summed E-state index contributed by atoms with van der Waals surface area (Å²) in [5.41, 5.74) is 3.39. The number of aryl methyl sites for hydroxylation is 4. The normalized spacial score (nSPS) is 18.1. The van der Waals surface area contributed by atoms with Gasteiger partial charge in [-0.3, -0.25) is 4.90 Å². The fourth-order valence-electron chi connectivity index (χ4n) is 5.05. The van der Waals surface area contributed by atoms with Gasteiger partial charge >= 0.3 is 0 Å². The summed E-state index contributed by atoms with van der Waals surface area (Å²) in [5, 5.41) is 11.4. The van der Waals surface area contributed by atoms with Crippen molar-refractivity contribution in [1.82, 2.24) is 14.5 Å². The van der Waals surface area contributed by atoms with E-state index >= 15 is 0 Å². The van der Waals surface area contributed by atoms with Crippen LogP contribution in [0, 0.1) is 20.8 Å². The molecule has 0 unspecified atom stereocenters. The van der Waals surface area contributed by atoms with E-state index in [9.17, 15) is 5.11 Å². The Labute approximate surface area is 232 Å². The summed E-state index contributed by atoms with van der Waals surface area (Å²) in [6.45, 7) is 12.5. The van der Waals surface area contributed by atoms with Crippen LogP contribution in [0.15, 0.2) is 42.7 Å². The van der Waals surface area contributed by atoms with E-state index < -0.39 is 5.60 Å². The molecular weight excluding hydrogens is 494 g/mol. The Balaban J connectivity index is 1.36. The van der Waals surface area contributed by atoms with Gasteiger partial charge in [0.2, 0.25) is 0 Å². The minimum atomic E-state index is -1.11. The van der Waals surface area contributed by atoms with Crippen molar-refractivity contribution in [3.8, 4) is 17.2 Å². The smallest absolute Gasteiger partial charge is 0.161 e. The highest BCUT2D eigenvalue weighted by molar-refractivity contribution is 5.43. The standard InChI is InChI=1S/C31H43N3O5/c1-6-30-32-10-12-34(30)11-7-14-38-29-18-26(8-9-27(29)36-5)19-33-13-15-37-21-31(35,20-33)22-39-28-17-23(2)16-24(3)25(28)4/h8-10,12,16-18,35H,6-7,11,13-15,19-22H2,1-5H3/t31-/m0/s1. The van der Waals surface area contributed by atoms with Crippen molar-refractivity contribution in [3.05, 3.63) is 70.8 Å². The molecule has 212 valence electrons. The zero-order chi connectivity index (χ0) is 27.8. The third-order valence-corrected chi connectivity index (χ3v) is 7.25. The maximum Gasteiger partial charge on any atom is 0.161 e. The second kappa shape index (κ2) is 13.3. The molecule has 4 rings (SSSR count). The van der Waals surface area contributed by atoms with Gasteiger partial charge in [-0.05, 0) is 67.6 Å². The minimum absolute atomic E-state index is 0.168. The zero-order valence-electron chi connectivity index (χ0n) is 24.0. The highest BCUT2D eigenvalue weighted by Gasteiger charge is 2.34. The molecular formula is C31H43N3O5. The van der Waals surface area contributed by atoms with Gasteiger partial charge in [-0.2, -0.15) is 0 Å². The fraction of sp³-hybridized carbons (Fsp3) is 0.516. The van der Waals surface area contributed by atoms with E-state index in [1.807, 2.05) is 43.6 Å². The van der Waals surface area contributed by atoms with Crippen LogP contribution >= 0.6 is 0 Å². The first kappa shape index (κ1) is 28.9. The van der Waals surface area contributed by atoms with Crippen molar-refractivity contribution in [2.24, 2.45) is 0 Å². The van der Waals surface area contributed by atoms with Crippen LogP contribution in [0.25, 0.3) is 0 Å². The number of benzene rings is 2. The van der Waals surface area contributed by atoms with Crippen LogP contribution < -0.4 is 14.2 Å². The Morgan fingerprint density at radius 3 is 2.72 bits per heavy atom. The van der Waals surface area contributed by atoms with E-state index in [2.05, 4.69) is 41.3 Å². The average molecular weight is 538 g/mol. The maximum absolute atomic E-state index is 11.4. The topological polar surface area (TPSA) is 78.2 Å². The van der Waals surface area contributed by atoms with Crippen LogP contribution in [0.2, 0.25) is 0 Å². The molecule has 1 fully saturated rings. The molecule has 1 aliphatic rings. The van der Waals surface area contributed by atoms with Gasteiger partial charge in [0.1, 0.15) is 23.8 Å². The van der Waals surface area contributed by atoms with Crippen LogP contribution in [0.4, 0.5) is 0 Å². The van der Waals surface area contributed by atoms with Gasteiger partial charge in [-0.25, -0.2) is 4.98 Å². The fourth-order valence-corrected chi connectivity index (χ4v) is 5.05. The number of aliphatic hydroxyl groups is 1. The molecule has 39 heavy (non-hydrogen) atoms. The van der Waals surface area contributed by atoms with Crippen molar-refractivity contribution < 1.29 is 24.1 Å². The number of β-amino-alcohol motifs (C(OH)–C–C–N with tert-alkyl or cyclic N) is 1. The van der Waals surface area contributed by atoms with E-state index in [4.69, 9.17) is 18.9 Å². The van der Waals surface area contributed by atoms with Gasteiger partial charge in [-0.1, -0.05) is 19.1 Å². The summed E-state index contributed by atoms with van der Waals surface area (Å²) in [7, 11) is 1.66. The number of ether oxygens (including phenoxy) is 4. The molecule has 1 aromatic heterocycles. The lowest BCUT2D eigenvalue weighted by molar-refractivity contribution is -0.0648. The van der Waals surface area contributed by atoms with Crippen molar-refractivity contribution in [2.75, 3.05) is 46.6 Å². The summed E-state index contributed by atoms with van der Waals surface area (Å²) in [6, 6.07) is 10.2. The first-order valence-electron chi connectivity index (χ1n) is 13.8.